The van der Waals surface area contributed by atoms with Gasteiger partial charge in [-0.05, 0) is 18.5 Å². The SMILES string of the molecule is CCCCN(CCO)Cc1ccc(C(N)=S)cc1. The van der Waals surface area contributed by atoms with Crippen molar-refractivity contribution < 1.29 is 5.11 Å². The molecule has 0 saturated carbocycles. The molecule has 0 spiro atoms. The molecule has 1 aromatic carbocycles. The fourth-order valence-electron chi connectivity index (χ4n) is 1.83. The molecule has 0 bridgehead atoms. The Balaban J connectivity index is 2.59. The first-order valence-electron chi connectivity index (χ1n) is 6.39. The standard InChI is InChI=1S/C14H22N2OS/c1-2-3-8-16(9-10-17)11-12-4-6-13(7-5-12)14(15)18/h4-7,17H,2-3,8-11H2,1H3,(H2,15,18). The maximum absolute atomic E-state index is 9.06. The molecule has 0 aromatic heterocycles. The number of hydrogen-bond donors (Lipinski definition) is 2. The lowest BCUT2D eigenvalue weighted by Crippen LogP contribution is -2.27. The van der Waals surface area contributed by atoms with Gasteiger partial charge in [-0.25, -0.2) is 0 Å². The molecule has 1 rings (SSSR count). The van der Waals surface area contributed by atoms with Crippen LogP contribution in [0.5, 0.6) is 0 Å². The second kappa shape index (κ2) is 8.19. The first kappa shape index (κ1) is 15.1. The number of rotatable bonds is 8. The van der Waals surface area contributed by atoms with Gasteiger partial charge in [-0.1, -0.05) is 49.8 Å². The number of unbranched alkanes of at least 4 members (excludes halogenated alkanes) is 1. The Morgan fingerprint density at radius 3 is 2.44 bits per heavy atom. The Morgan fingerprint density at radius 1 is 1.28 bits per heavy atom. The molecule has 0 heterocycles. The van der Waals surface area contributed by atoms with E-state index in [0.29, 0.717) is 4.99 Å². The zero-order valence-corrected chi connectivity index (χ0v) is 11.7. The fraction of sp³-hybridized carbons (Fsp3) is 0.500. The highest BCUT2D eigenvalue weighted by atomic mass is 32.1. The van der Waals surface area contributed by atoms with E-state index in [9.17, 15) is 0 Å². The number of aliphatic hydroxyl groups excluding tert-OH is 1. The van der Waals surface area contributed by atoms with Gasteiger partial charge in [0.25, 0.3) is 0 Å². The van der Waals surface area contributed by atoms with E-state index in [1.54, 1.807) is 0 Å². The van der Waals surface area contributed by atoms with Crippen molar-refractivity contribution in [3.05, 3.63) is 35.4 Å². The molecule has 0 atom stereocenters. The van der Waals surface area contributed by atoms with Gasteiger partial charge in [0.15, 0.2) is 0 Å². The summed E-state index contributed by atoms with van der Waals surface area (Å²) in [5.41, 5.74) is 7.69. The van der Waals surface area contributed by atoms with E-state index in [1.807, 2.05) is 24.3 Å². The van der Waals surface area contributed by atoms with Gasteiger partial charge >= 0.3 is 0 Å². The number of nitrogens with zero attached hydrogens (tertiary/aromatic N) is 1. The van der Waals surface area contributed by atoms with E-state index >= 15 is 0 Å². The summed E-state index contributed by atoms with van der Waals surface area (Å²) in [7, 11) is 0. The van der Waals surface area contributed by atoms with Gasteiger partial charge in [-0.3, -0.25) is 4.90 Å². The third-order valence-corrected chi connectivity index (χ3v) is 3.12. The Kier molecular flexibility index (Phi) is 6.86. The van der Waals surface area contributed by atoms with Crippen molar-refractivity contribution in [1.29, 1.82) is 0 Å². The highest BCUT2D eigenvalue weighted by molar-refractivity contribution is 7.80. The van der Waals surface area contributed by atoms with Crippen LogP contribution in [-0.4, -0.2) is 34.7 Å². The van der Waals surface area contributed by atoms with E-state index < -0.39 is 0 Å². The number of nitrogens with two attached hydrogens (primary N) is 1. The normalized spacial score (nSPS) is 10.8. The first-order chi connectivity index (χ1) is 8.67. The van der Waals surface area contributed by atoms with Crippen molar-refractivity contribution in [1.82, 2.24) is 4.90 Å². The highest BCUT2D eigenvalue weighted by Gasteiger charge is 2.05. The van der Waals surface area contributed by atoms with Crippen LogP contribution >= 0.6 is 12.2 Å². The van der Waals surface area contributed by atoms with E-state index in [0.717, 1.165) is 31.6 Å². The van der Waals surface area contributed by atoms with Crippen LogP contribution < -0.4 is 5.73 Å². The van der Waals surface area contributed by atoms with Crippen LogP contribution in [0.4, 0.5) is 0 Å². The van der Waals surface area contributed by atoms with E-state index in [4.69, 9.17) is 23.1 Å². The molecule has 3 N–H and O–H groups in total. The van der Waals surface area contributed by atoms with Crippen molar-refractivity contribution in [3.8, 4) is 0 Å². The molecule has 0 aliphatic carbocycles. The lowest BCUT2D eigenvalue weighted by Gasteiger charge is -2.21. The minimum absolute atomic E-state index is 0.203. The van der Waals surface area contributed by atoms with E-state index in [-0.39, 0.29) is 6.61 Å². The van der Waals surface area contributed by atoms with Gasteiger partial charge in [0.1, 0.15) is 4.99 Å². The molecule has 0 aliphatic heterocycles. The molecule has 18 heavy (non-hydrogen) atoms. The molecule has 4 heteroatoms. The number of benzene rings is 1. The summed E-state index contributed by atoms with van der Waals surface area (Å²) >= 11 is 4.93. The van der Waals surface area contributed by atoms with Crippen LogP contribution in [0.3, 0.4) is 0 Å². The summed E-state index contributed by atoms with van der Waals surface area (Å²) in [5, 5.41) is 9.06. The zero-order chi connectivity index (χ0) is 13.4. The summed E-state index contributed by atoms with van der Waals surface area (Å²) in [4.78, 5) is 2.69. The van der Waals surface area contributed by atoms with Gasteiger partial charge in [-0.15, -0.1) is 0 Å². The Labute approximate surface area is 115 Å². The molecule has 0 radical (unpaired) electrons. The molecule has 0 saturated heterocycles. The third-order valence-electron chi connectivity index (χ3n) is 2.89. The molecule has 0 aliphatic rings. The summed E-state index contributed by atoms with van der Waals surface area (Å²) < 4.78 is 0. The summed E-state index contributed by atoms with van der Waals surface area (Å²) in [6.07, 6.45) is 2.33. The van der Waals surface area contributed by atoms with Gasteiger partial charge in [0, 0.05) is 18.7 Å². The van der Waals surface area contributed by atoms with Crippen LogP contribution in [0.1, 0.15) is 30.9 Å². The van der Waals surface area contributed by atoms with Crippen molar-refractivity contribution in [2.24, 2.45) is 5.73 Å². The van der Waals surface area contributed by atoms with E-state index in [2.05, 4.69) is 11.8 Å². The lowest BCUT2D eigenvalue weighted by atomic mass is 10.1. The maximum atomic E-state index is 9.06. The molecule has 100 valence electrons. The Morgan fingerprint density at radius 2 is 1.94 bits per heavy atom. The quantitative estimate of drug-likeness (QED) is 0.706. The van der Waals surface area contributed by atoms with Crippen LogP contribution in [0.2, 0.25) is 0 Å². The smallest absolute Gasteiger partial charge is 0.103 e. The fourth-order valence-corrected chi connectivity index (χ4v) is 1.96. The molecule has 1 aromatic rings. The molecular weight excluding hydrogens is 244 g/mol. The molecule has 0 fully saturated rings. The van der Waals surface area contributed by atoms with Crippen molar-refractivity contribution in [2.45, 2.75) is 26.3 Å². The summed E-state index contributed by atoms with van der Waals surface area (Å²) in [5.74, 6) is 0. The van der Waals surface area contributed by atoms with Crippen LogP contribution in [-0.2, 0) is 6.54 Å². The van der Waals surface area contributed by atoms with E-state index in [1.165, 1.54) is 12.0 Å². The van der Waals surface area contributed by atoms with Gasteiger partial charge < -0.3 is 10.8 Å². The van der Waals surface area contributed by atoms with Crippen LogP contribution in [0.25, 0.3) is 0 Å². The summed E-state index contributed by atoms with van der Waals surface area (Å²) in [6.45, 7) is 4.98. The minimum atomic E-state index is 0.203. The number of aliphatic hydroxyl groups is 1. The predicted molar refractivity (Wildman–Crippen MR) is 79.6 cm³/mol. The monoisotopic (exact) mass is 266 g/mol. The molecule has 0 amide bonds. The topological polar surface area (TPSA) is 49.5 Å². The van der Waals surface area contributed by atoms with Crippen LogP contribution in [0.15, 0.2) is 24.3 Å². The number of hydrogen-bond acceptors (Lipinski definition) is 3. The minimum Gasteiger partial charge on any atom is -0.395 e. The van der Waals surface area contributed by atoms with Gasteiger partial charge in [-0.2, -0.15) is 0 Å². The maximum Gasteiger partial charge on any atom is 0.103 e. The van der Waals surface area contributed by atoms with Gasteiger partial charge in [0.05, 0.1) is 6.61 Å². The molecule has 0 unspecified atom stereocenters. The average molecular weight is 266 g/mol. The second-order valence-corrected chi connectivity index (χ2v) is 4.85. The highest BCUT2D eigenvalue weighted by Crippen LogP contribution is 2.08. The number of thiocarbonyl (C=S) groups is 1. The Bertz CT molecular complexity index is 365. The predicted octanol–water partition coefficient (Wildman–Crippen LogP) is 1.92. The zero-order valence-electron chi connectivity index (χ0n) is 10.9. The lowest BCUT2D eigenvalue weighted by molar-refractivity contribution is 0.188. The third kappa shape index (κ3) is 5.12. The Hall–Kier alpha value is -0.970. The van der Waals surface area contributed by atoms with Gasteiger partial charge in [0.2, 0.25) is 0 Å². The largest absolute Gasteiger partial charge is 0.395 e. The average Bonchev–Trinajstić information content (AvgIpc) is 2.37. The van der Waals surface area contributed by atoms with Crippen molar-refractivity contribution >= 4 is 17.2 Å². The summed E-state index contributed by atoms with van der Waals surface area (Å²) in [6, 6.07) is 8.00. The molecule has 3 nitrogen and oxygen atoms in total. The van der Waals surface area contributed by atoms with Crippen molar-refractivity contribution in [2.75, 3.05) is 19.7 Å². The van der Waals surface area contributed by atoms with Crippen LogP contribution in [0, 0.1) is 0 Å². The second-order valence-electron chi connectivity index (χ2n) is 4.41. The molecular formula is C14H22N2OS. The van der Waals surface area contributed by atoms with Crippen molar-refractivity contribution in [3.63, 3.8) is 0 Å². The first-order valence-corrected chi connectivity index (χ1v) is 6.80.